The molecule has 31 heavy (non-hydrogen) atoms. The minimum atomic E-state index is -0.209. The Hall–Kier alpha value is -3.30. The summed E-state index contributed by atoms with van der Waals surface area (Å²) in [6.45, 7) is 7.08. The Labute approximate surface area is 182 Å². The molecule has 0 saturated carbocycles. The highest BCUT2D eigenvalue weighted by molar-refractivity contribution is 5.91. The van der Waals surface area contributed by atoms with Gasteiger partial charge in [0.2, 0.25) is 5.91 Å². The summed E-state index contributed by atoms with van der Waals surface area (Å²) in [6.07, 6.45) is 3.71. The number of pyridine rings is 1. The second-order valence-corrected chi connectivity index (χ2v) is 7.32. The average molecular weight is 424 g/mol. The molecule has 2 aromatic rings. The van der Waals surface area contributed by atoms with Crippen LogP contribution in [0.4, 0.5) is 23.0 Å². The van der Waals surface area contributed by atoms with Crippen molar-refractivity contribution in [2.24, 2.45) is 10.2 Å². The van der Waals surface area contributed by atoms with Gasteiger partial charge >= 0.3 is 0 Å². The summed E-state index contributed by atoms with van der Waals surface area (Å²) in [5.41, 5.74) is 6.94. The van der Waals surface area contributed by atoms with Crippen molar-refractivity contribution < 1.29 is 9.53 Å². The van der Waals surface area contributed by atoms with Crippen LogP contribution in [0.5, 0.6) is 5.75 Å². The Morgan fingerprint density at radius 2 is 1.90 bits per heavy atom. The van der Waals surface area contributed by atoms with Gasteiger partial charge in [0.25, 0.3) is 0 Å². The second kappa shape index (κ2) is 11.2. The molecule has 0 aliphatic carbocycles. The summed E-state index contributed by atoms with van der Waals surface area (Å²) in [5, 5.41) is 13.9. The van der Waals surface area contributed by atoms with Crippen LogP contribution < -0.4 is 21.1 Å². The number of carbonyl (C=O) groups excluding carboxylic acids is 1. The normalized spacial score (nSPS) is 14.5. The number of rotatable bonds is 9. The van der Waals surface area contributed by atoms with Crippen LogP contribution in [-0.2, 0) is 4.79 Å². The third-order valence-electron chi connectivity index (χ3n) is 4.74. The summed E-state index contributed by atoms with van der Waals surface area (Å²) in [4.78, 5) is 18.2. The minimum absolute atomic E-state index is 0.166. The van der Waals surface area contributed by atoms with Crippen LogP contribution in [0.25, 0.3) is 0 Å². The first-order valence-corrected chi connectivity index (χ1v) is 10.3. The molecule has 164 valence electrons. The topological polar surface area (TPSA) is 117 Å². The molecule has 1 aromatic heterocycles. The standard InChI is InChI=1S/C22H29N7O2/c1-16(15-29-12-6-3-7-13-29)31-19-9-5-4-8-17(19)27-28-18-10-11-20(26-22(18)23)25-21(30)14-24-2/h4-5,8-11,24H,1,3,6-7,12-15H2,2H3,(H3,23,25,26,30)/b28-27+. The SMILES string of the molecule is C=C(CN1CCCCC1)Oc1ccccc1/N=N/c1ccc(NC(=O)CNC)nc1N. The van der Waals surface area contributed by atoms with Crippen LogP contribution >= 0.6 is 0 Å². The molecule has 0 unspecified atom stereocenters. The number of aromatic nitrogens is 1. The fourth-order valence-corrected chi connectivity index (χ4v) is 3.26. The Morgan fingerprint density at radius 1 is 1.16 bits per heavy atom. The smallest absolute Gasteiger partial charge is 0.239 e. The Balaban J connectivity index is 1.65. The first-order chi connectivity index (χ1) is 15.0. The van der Waals surface area contributed by atoms with Gasteiger partial charge in [0.05, 0.1) is 13.1 Å². The number of hydrogen-bond donors (Lipinski definition) is 3. The Bertz CT molecular complexity index is 939. The highest BCUT2D eigenvalue weighted by atomic mass is 16.5. The van der Waals surface area contributed by atoms with E-state index in [9.17, 15) is 4.79 Å². The van der Waals surface area contributed by atoms with Crippen LogP contribution in [0.15, 0.2) is 59.0 Å². The summed E-state index contributed by atoms with van der Waals surface area (Å²) < 4.78 is 5.96. The number of nitrogens with two attached hydrogens (primary N) is 1. The monoisotopic (exact) mass is 423 g/mol. The van der Waals surface area contributed by atoms with E-state index in [1.807, 2.05) is 24.3 Å². The predicted octanol–water partition coefficient (Wildman–Crippen LogP) is 3.62. The van der Waals surface area contributed by atoms with Crippen LogP contribution in [-0.4, -0.2) is 49.0 Å². The zero-order chi connectivity index (χ0) is 22.1. The fraction of sp³-hybridized carbons (Fsp3) is 0.364. The zero-order valence-corrected chi connectivity index (χ0v) is 17.8. The lowest BCUT2D eigenvalue weighted by molar-refractivity contribution is -0.115. The number of benzene rings is 1. The zero-order valence-electron chi connectivity index (χ0n) is 17.8. The van der Waals surface area contributed by atoms with E-state index < -0.39 is 0 Å². The highest BCUT2D eigenvalue weighted by Gasteiger charge is 2.13. The van der Waals surface area contributed by atoms with Gasteiger partial charge < -0.3 is 21.1 Å². The Morgan fingerprint density at radius 3 is 2.65 bits per heavy atom. The number of carbonyl (C=O) groups is 1. The number of likely N-dealkylation sites (N-methyl/N-ethyl adjacent to an activating group) is 1. The van der Waals surface area contributed by atoms with E-state index >= 15 is 0 Å². The number of anilines is 2. The molecule has 9 heteroatoms. The molecule has 1 amide bonds. The second-order valence-electron chi connectivity index (χ2n) is 7.32. The highest BCUT2D eigenvalue weighted by Crippen LogP contribution is 2.31. The minimum Gasteiger partial charge on any atom is -0.459 e. The molecule has 1 aliphatic heterocycles. The largest absolute Gasteiger partial charge is 0.459 e. The maximum absolute atomic E-state index is 11.7. The van der Waals surface area contributed by atoms with Gasteiger partial charge in [-0.1, -0.05) is 25.1 Å². The van der Waals surface area contributed by atoms with Gasteiger partial charge in [0.1, 0.15) is 23.0 Å². The maximum Gasteiger partial charge on any atom is 0.239 e. The van der Waals surface area contributed by atoms with Crippen molar-refractivity contribution in [2.45, 2.75) is 19.3 Å². The van der Waals surface area contributed by atoms with E-state index in [1.165, 1.54) is 19.3 Å². The molecule has 0 spiro atoms. The summed E-state index contributed by atoms with van der Waals surface area (Å²) in [7, 11) is 1.69. The summed E-state index contributed by atoms with van der Waals surface area (Å²) in [6, 6.07) is 10.7. The number of likely N-dealkylation sites (tertiary alicyclic amines) is 1. The molecule has 3 rings (SSSR count). The van der Waals surface area contributed by atoms with Crippen molar-refractivity contribution in [2.75, 3.05) is 44.3 Å². The van der Waals surface area contributed by atoms with Gasteiger partial charge in [-0.15, -0.1) is 10.2 Å². The maximum atomic E-state index is 11.7. The molecule has 4 N–H and O–H groups in total. The lowest BCUT2D eigenvalue weighted by Crippen LogP contribution is -2.32. The van der Waals surface area contributed by atoms with Gasteiger partial charge in [-0.3, -0.25) is 9.69 Å². The molecule has 2 heterocycles. The van der Waals surface area contributed by atoms with E-state index in [1.54, 1.807) is 19.2 Å². The number of para-hydroxylation sites is 1. The Kier molecular flexibility index (Phi) is 8.08. The van der Waals surface area contributed by atoms with Crippen molar-refractivity contribution in [1.82, 2.24) is 15.2 Å². The number of amides is 1. The number of hydrogen-bond acceptors (Lipinski definition) is 8. The van der Waals surface area contributed by atoms with Crippen LogP contribution in [0.2, 0.25) is 0 Å². The van der Waals surface area contributed by atoms with Gasteiger partial charge in [-0.25, -0.2) is 4.98 Å². The number of piperidine rings is 1. The number of azo groups is 1. The molecule has 9 nitrogen and oxygen atoms in total. The number of nitrogens with one attached hydrogen (secondary N) is 2. The van der Waals surface area contributed by atoms with Gasteiger partial charge in [-0.2, -0.15) is 0 Å². The predicted molar refractivity (Wildman–Crippen MR) is 122 cm³/mol. The first-order valence-electron chi connectivity index (χ1n) is 10.3. The number of ether oxygens (including phenoxy) is 1. The van der Waals surface area contributed by atoms with Crippen LogP contribution in [0.1, 0.15) is 19.3 Å². The lowest BCUT2D eigenvalue weighted by Gasteiger charge is -2.26. The molecule has 0 radical (unpaired) electrons. The quantitative estimate of drug-likeness (QED) is 0.419. The van der Waals surface area contributed by atoms with Crippen molar-refractivity contribution in [1.29, 1.82) is 0 Å². The molecule has 1 aromatic carbocycles. The van der Waals surface area contributed by atoms with E-state index in [0.717, 1.165) is 13.1 Å². The molecule has 1 saturated heterocycles. The van der Waals surface area contributed by atoms with Gasteiger partial charge in [0.15, 0.2) is 11.6 Å². The average Bonchev–Trinajstić information content (AvgIpc) is 2.75. The van der Waals surface area contributed by atoms with E-state index in [4.69, 9.17) is 10.5 Å². The summed E-state index contributed by atoms with van der Waals surface area (Å²) >= 11 is 0. The van der Waals surface area contributed by atoms with Crippen molar-refractivity contribution >= 4 is 28.9 Å². The molecule has 1 fully saturated rings. The molecular weight excluding hydrogens is 394 g/mol. The van der Waals surface area contributed by atoms with Gasteiger partial charge in [-0.05, 0) is 57.2 Å². The fourth-order valence-electron chi connectivity index (χ4n) is 3.26. The van der Waals surface area contributed by atoms with Crippen LogP contribution in [0.3, 0.4) is 0 Å². The number of nitrogens with zero attached hydrogens (tertiary/aromatic N) is 4. The molecule has 1 aliphatic rings. The summed E-state index contributed by atoms with van der Waals surface area (Å²) in [5.74, 6) is 1.57. The van der Waals surface area contributed by atoms with Crippen molar-refractivity contribution in [3.63, 3.8) is 0 Å². The molecule has 0 bridgehead atoms. The van der Waals surface area contributed by atoms with Crippen molar-refractivity contribution in [3.05, 3.63) is 48.7 Å². The van der Waals surface area contributed by atoms with Gasteiger partial charge in [0, 0.05) is 0 Å². The molecular formula is C22H29N7O2. The molecule has 0 atom stereocenters. The van der Waals surface area contributed by atoms with E-state index in [0.29, 0.717) is 35.2 Å². The third kappa shape index (κ3) is 6.87. The number of nitrogen functional groups attached to an aromatic ring is 1. The van der Waals surface area contributed by atoms with Crippen LogP contribution in [0, 0.1) is 0 Å². The third-order valence-corrected chi connectivity index (χ3v) is 4.74. The van der Waals surface area contributed by atoms with Crippen molar-refractivity contribution in [3.8, 4) is 5.75 Å². The van der Waals surface area contributed by atoms with E-state index in [-0.39, 0.29) is 18.3 Å². The lowest BCUT2D eigenvalue weighted by atomic mass is 10.1. The first kappa shape index (κ1) is 22.4. The van der Waals surface area contributed by atoms with E-state index in [2.05, 4.69) is 37.3 Å².